The first-order valence-electron chi connectivity index (χ1n) is 7.54. The maximum Gasteiger partial charge on any atom is 0.0900 e. The summed E-state index contributed by atoms with van der Waals surface area (Å²) in [6, 6.07) is 0.683. The van der Waals surface area contributed by atoms with Gasteiger partial charge in [-0.15, -0.1) is 0 Å². The van der Waals surface area contributed by atoms with E-state index in [1.807, 2.05) is 0 Å². The van der Waals surface area contributed by atoms with Crippen LogP contribution in [0.5, 0.6) is 0 Å². The molecule has 0 saturated carbocycles. The van der Waals surface area contributed by atoms with Gasteiger partial charge in [0.1, 0.15) is 0 Å². The van der Waals surface area contributed by atoms with E-state index < -0.39 is 0 Å². The van der Waals surface area contributed by atoms with E-state index in [0.29, 0.717) is 6.04 Å². The Bertz CT molecular complexity index is 479. The normalized spacial score (nSPS) is 29.5. The van der Waals surface area contributed by atoms with Crippen LogP contribution in [0.2, 0.25) is 0 Å². The number of rotatable bonds is 2. The monoisotopic (exact) mass is 260 g/mol. The fraction of sp³-hybridized carbons (Fsp3) is 0.733. The lowest BCUT2D eigenvalue weighted by atomic mass is 9.99. The van der Waals surface area contributed by atoms with E-state index in [2.05, 4.69) is 40.4 Å². The van der Waals surface area contributed by atoms with E-state index in [0.717, 1.165) is 6.67 Å². The minimum Gasteiger partial charge on any atom is -0.370 e. The van der Waals surface area contributed by atoms with Crippen LogP contribution in [0.15, 0.2) is 22.8 Å². The molecule has 104 valence electrons. The van der Waals surface area contributed by atoms with Crippen molar-refractivity contribution in [3.05, 3.63) is 22.8 Å². The highest BCUT2D eigenvalue weighted by atomic mass is 15.4. The molecule has 5 aliphatic rings. The average molecular weight is 260 g/mol. The number of hydrogen-bond acceptors (Lipinski definition) is 4. The van der Waals surface area contributed by atoms with Crippen LogP contribution >= 0.6 is 0 Å². The number of nitrogens with zero attached hydrogens (tertiary/aromatic N) is 4. The van der Waals surface area contributed by atoms with Crippen molar-refractivity contribution in [2.45, 2.75) is 33.2 Å². The van der Waals surface area contributed by atoms with E-state index in [9.17, 15) is 0 Å². The van der Waals surface area contributed by atoms with Crippen LogP contribution in [0.1, 0.15) is 27.2 Å². The Labute approximate surface area is 115 Å². The van der Waals surface area contributed by atoms with Crippen molar-refractivity contribution >= 4 is 0 Å². The molecule has 0 spiro atoms. The zero-order valence-electron chi connectivity index (χ0n) is 12.3. The highest BCUT2D eigenvalue weighted by Crippen LogP contribution is 2.36. The molecule has 4 nitrogen and oxygen atoms in total. The Balaban J connectivity index is 1.57. The van der Waals surface area contributed by atoms with E-state index in [1.165, 1.54) is 56.2 Å². The van der Waals surface area contributed by atoms with E-state index >= 15 is 0 Å². The molecule has 0 aliphatic carbocycles. The van der Waals surface area contributed by atoms with Crippen molar-refractivity contribution in [2.75, 3.05) is 39.4 Å². The fourth-order valence-electron chi connectivity index (χ4n) is 4.21. The summed E-state index contributed by atoms with van der Waals surface area (Å²) in [5, 5.41) is 0. The molecule has 5 rings (SSSR count). The van der Waals surface area contributed by atoms with Gasteiger partial charge in [-0.2, -0.15) is 0 Å². The molecule has 0 aromatic heterocycles. The van der Waals surface area contributed by atoms with Crippen molar-refractivity contribution in [1.82, 2.24) is 19.6 Å². The fourth-order valence-corrected chi connectivity index (χ4v) is 4.21. The molecule has 4 heteroatoms. The lowest BCUT2D eigenvalue weighted by molar-refractivity contribution is 0.0836. The third kappa shape index (κ3) is 1.52. The number of fused-ring (bicyclic) bond motifs is 4. The molecule has 0 aromatic carbocycles. The van der Waals surface area contributed by atoms with E-state index in [-0.39, 0.29) is 0 Å². The summed E-state index contributed by atoms with van der Waals surface area (Å²) < 4.78 is 0. The molecule has 0 radical (unpaired) electrons. The first-order chi connectivity index (χ1) is 9.15. The lowest BCUT2D eigenvalue weighted by Crippen LogP contribution is -2.56. The predicted octanol–water partition coefficient (Wildman–Crippen LogP) is 1.45. The molecule has 2 saturated heterocycles. The number of piperazine rings is 1. The molecule has 0 aromatic rings. The van der Waals surface area contributed by atoms with Crippen LogP contribution in [0.3, 0.4) is 0 Å². The third-order valence-corrected chi connectivity index (χ3v) is 5.60. The van der Waals surface area contributed by atoms with Gasteiger partial charge >= 0.3 is 0 Å². The highest BCUT2D eigenvalue weighted by Gasteiger charge is 2.38. The zero-order valence-corrected chi connectivity index (χ0v) is 12.3. The molecule has 5 aliphatic heterocycles. The van der Waals surface area contributed by atoms with Gasteiger partial charge in [-0.3, -0.25) is 0 Å². The van der Waals surface area contributed by atoms with Gasteiger partial charge < -0.3 is 19.6 Å². The molecule has 19 heavy (non-hydrogen) atoms. The molecule has 0 N–H and O–H groups in total. The van der Waals surface area contributed by atoms with Gasteiger partial charge in [0.05, 0.1) is 12.7 Å². The van der Waals surface area contributed by atoms with E-state index in [4.69, 9.17) is 0 Å². The maximum absolute atomic E-state index is 2.65. The molecule has 4 bridgehead atoms. The molecule has 5 heterocycles. The van der Waals surface area contributed by atoms with Gasteiger partial charge in [0.2, 0.25) is 0 Å². The molecule has 2 fully saturated rings. The first kappa shape index (κ1) is 11.5. The van der Waals surface area contributed by atoms with Gasteiger partial charge in [0.25, 0.3) is 0 Å². The van der Waals surface area contributed by atoms with Crippen molar-refractivity contribution < 1.29 is 0 Å². The number of hydrogen-bond donors (Lipinski definition) is 0. The second-order valence-electron chi connectivity index (χ2n) is 6.37. The lowest BCUT2D eigenvalue weighted by Gasteiger charge is -2.51. The summed E-state index contributed by atoms with van der Waals surface area (Å²) in [5.41, 5.74) is 6.13. The van der Waals surface area contributed by atoms with Gasteiger partial charge in [0, 0.05) is 61.9 Å². The summed E-state index contributed by atoms with van der Waals surface area (Å²) in [6.45, 7) is 14.1. The summed E-state index contributed by atoms with van der Waals surface area (Å²) in [7, 11) is 0. The zero-order chi connectivity index (χ0) is 13.1. The Morgan fingerprint density at radius 2 is 1.58 bits per heavy atom. The van der Waals surface area contributed by atoms with Crippen molar-refractivity contribution in [1.29, 1.82) is 0 Å². The van der Waals surface area contributed by atoms with Gasteiger partial charge in [-0.1, -0.05) is 0 Å². The predicted molar refractivity (Wildman–Crippen MR) is 76.0 cm³/mol. The van der Waals surface area contributed by atoms with Gasteiger partial charge in [-0.05, 0) is 20.8 Å². The van der Waals surface area contributed by atoms with Crippen molar-refractivity contribution in [3.8, 4) is 0 Å². The Morgan fingerprint density at radius 1 is 0.842 bits per heavy atom. The molecule has 1 atom stereocenters. The average Bonchev–Trinajstić information content (AvgIpc) is 2.99. The Hall–Kier alpha value is -1.32. The SMILES string of the molecule is CC1=C(CC2CN3CCN2C(C)=C3C)N2CCN1C2. The van der Waals surface area contributed by atoms with Crippen LogP contribution in [0.25, 0.3) is 0 Å². The van der Waals surface area contributed by atoms with Crippen LogP contribution in [-0.2, 0) is 0 Å². The second-order valence-corrected chi connectivity index (χ2v) is 6.37. The van der Waals surface area contributed by atoms with Crippen LogP contribution < -0.4 is 0 Å². The minimum absolute atomic E-state index is 0.683. The minimum atomic E-state index is 0.683. The first-order valence-corrected chi connectivity index (χ1v) is 7.54. The summed E-state index contributed by atoms with van der Waals surface area (Å²) in [5.74, 6) is 0. The smallest absolute Gasteiger partial charge is 0.0900 e. The molecular weight excluding hydrogens is 236 g/mol. The quantitative estimate of drug-likeness (QED) is 0.745. The van der Waals surface area contributed by atoms with Gasteiger partial charge in [0.15, 0.2) is 0 Å². The van der Waals surface area contributed by atoms with Crippen LogP contribution in [0.4, 0.5) is 0 Å². The molecule has 0 amide bonds. The number of allylic oxidation sites excluding steroid dienone is 3. The summed E-state index contributed by atoms with van der Waals surface area (Å²) in [4.78, 5) is 10.3. The van der Waals surface area contributed by atoms with Crippen LogP contribution in [-0.4, -0.2) is 65.0 Å². The Kier molecular flexibility index (Phi) is 2.32. The topological polar surface area (TPSA) is 13.0 Å². The second kappa shape index (κ2) is 3.84. The summed E-state index contributed by atoms with van der Waals surface area (Å²) in [6.07, 6.45) is 1.23. The van der Waals surface area contributed by atoms with Crippen LogP contribution in [0, 0.1) is 0 Å². The largest absolute Gasteiger partial charge is 0.370 e. The highest BCUT2D eigenvalue weighted by molar-refractivity contribution is 5.24. The standard InChI is InChI=1S/C15H24N4/c1-11-12(2)19-7-6-16(11)9-14(19)8-15-13(3)17-4-5-18(15)10-17/h14H,4-10H2,1-3H3. The third-order valence-electron chi connectivity index (χ3n) is 5.60. The molecular formula is C15H24N4. The maximum atomic E-state index is 2.65. The van der Waals surface area contributed by atoms with Crippen molar-refractivity contribution in [3.63, 3.8) is 0 Å². The van der Waals surface area contributed by atoms with Crippen molar-refractivity contribution in [2.24, 2.45) is 0 Å². The molecule has 1 unspecified atom stereocenters. The summed E-state index contributed by atoms with van der Waals surface area (Å²) >= 11 is 0. The Morgan fingerprint density at radius 3 is 2.26 bits per heavy atom. The van der Waals surface area contributed by atoms with E-state index in [1.54, 1.807) is 5.70 Å². The van der Waals surface area contributed by atoms with Gasteiger partial charge in [-0.25, -0.2) is 0 Å².